The van der Waals surface area contributed by atoms with Crippen molar-refractivity contribution in [3.8, 4) is 17.0 Å². The molecule has 2 heterocycles. The number of aryl methyl sites for hydroxylation is 2. The number of benzene rings is 2. The Morgan fingerprint density at radius 2 is 1.65 bits per heavy atom. The van der Waals surface area contributed by atoms with E-state index < -0.39 is 5.97 Å². The second-order valence-electron chi connectivity index (χ2n) is 7.80. The first-order valence-corrected chi connectivity index (χ1v) is 11.1. The fraction of sp³-hybridized carbons (Fsp3) is 0.222. The van der Waals surface area contributed by atoms with Crippen LogP contribution in [0.5, 0.6) is 5.75 Å². The van der Waals surface area contributed by atoms with Gasteiger partial charge in [0.25, 0.3) is 0 Å². The van der Waals surface area contributed by atoms with Gasteiger partial charge >= 0.3 is 5.97 Å². The van der Waals surface area contributed by atoms with Crippen LogP contribution in [-0.2, 0) is 17.6 Å². The second kappa shape index (κ2) is 10.8. The van der Waals surface area contributed by atoms with E-state index >= 15 is 0 Å². The Bertz CT molecular complexity index is 1270. The number of fused-ring (bicyclic) bond motifs is 1. The lowest BCUT2D eigenvalue weighted by molar-refractivity contribution is 0.0599. The molecule has 0 saturated carbocycles. The lowest BCUT2D eigenvalue weighted by atomic mass is 10.00. The molecule has 0 fully saturated rings. The van der Waals surface area contributed by atoms with E-state index in [-0.39, 0.29) is 6.61 Å². The van der Waals surface area contributed by atoms with Gasteiger partial charge in [-0.2, -0.15) is 0 Å². The maximum atomic E-state index is 12.6. The summed E-state index contributed by atoms with van der Waals surface area (Å²) in [6.07, 6.45) is 5.05. The summed E-state index contributed by atoms with van der Waals surface area (Å²) < 4.78 is 10.6. The smallest absolute Gasteiger partial charge is 0.342 e. The zero-order valence-electron chi connectivity index (χ0n) is 19.2. The molecule has 0 spiro atoms. The van der Waals surface area contributed by atoms with Crippen molar-refractivity contribution >= 4 is 22.6 Å². The zero-order valence-corrected chi connectivity index (χ0v) is 19.2. The Labute approximate surface area is 198 Å². The number of carbonyl (C=O) groups excluding carboxylic acids is 1. The lowest BCUT2D eigenvalue weighted by Gasteiger charge is -2.15. The van der Waals surface area contributed by atoms with E-state index in [1.54, 1.807) is 18.5 Å². The van der Waals surface area contributed by atoms with Crippen LogP contribution in [0.1, 0.15) is 21.5 Å². The van der Waals surface area contributed by atoms with Crippen molar-refractivity contribution in [2.45, 2.75) is 12.8 Å². The molecule has 2 aromatic heterocycles. The summed E-state index contributed by atoms with van der Waals surface area (Å²) in [5.41, 5.74) is 5.84. The van der Waals surface area contributed by atoms with Gasteiger partial charge in [0.2, 0.25) is 0 Å². The van der Waals surface area contributed by atoms with Crippen LogP contribution in [0.25, 0.3) is 22.2 Å². The van der Waals surface area contributed by atoms with E-state index in [1.807, 2.05) is 24.3 Å². The molecule has 7 heteroatoms. The minimum absolute atomic E-state index is 0.111. The van der Waals surface area contributed by atoms with Crippen molar-refractivity contribution in [2.24, 2.45) is 0 Å². The fourth-order valence-corrected chi connectivity index (χ4v) is 3.90. The first-order valence-electron chi connectivity index (χ1n) is 11.1. The molecule has 2 aromatic carbocycles. The molecule has 0 aliphatic carbocycles. The van der Waals surface area contributed by atoms with Gasteiger partial charge in [-0.25, -0.2) is 9.78 Å². The van der Waals surface area contributed by atoms with Crippen LogP contribution in [0, 0.1) is 0 Å². The van der Waals surface area contributed by atoms with Gasteiger partial charge in [-0.3, -0.25) is 4.98 Å². The maximum Gasteiger partial charge on any atom is 0.342 e. The Balaban J connectivity index is 1.57. The van der Waals surface area contributed by atoms with Crippen LogP contribution in [0.4, 0.5) is 5.69 Å². The quantitative estimate of drug-likeness (QED) is 0.362. The number of rotatable bonds is 9. The summed E-state index contributed by atoms with van der Waals surface area (Å²) in [6.45, 7) is 0.653. The molecule has 4 rings (SSSR count). The van der Waals surface area contributed by atoms with Gasteiger partial charge in [0.15, 0.2) is 5.75 Å². The van der Waals surface area contributed by atoms with Crippen molar-refractivity contribution in [3.63, 3.8) is 0 Å². The topological polar surface area (TPSA) is 93.6 Å². The van der Waals surface area contributed by atoms with Crippen LogP contribution >= 0.6 is 0 Å². The van der Waals surface area contributed by atoms with Gasteiger partial charge in [-0.05, 0) is 42.2 Å². The second-order valence-corrected chi connectivity index (χ2v) is 7.80. The third kappa shape index (κ3) is 5.00. The monoisotopic (exact) mass is 457 g/mol. The van der Waals surface area contributed by atoms with Crippen molar-refractivity contribution < 1.29 is 19.4 Å². The minimum Gasteiger partial charge on any atom is -0.494 e. The molecule has 4 aromatic rings. The molecule has 0 amide bonds. The number of hydrogen-bond acceptors (Lipinski definition) is 7. The first-order chi connectivity index (χ1) is 16.6. The number of nitrogens with zero attached hydrogens (tertiary/aromatic N) is 2. The van der Waals surface area contributed by atoms with Crippen LogP contribution < -0.4 is 10.1 Å². The van der Waals surface area contributed by atoms with Gasteiger partial charge < -0.3 is 19.9 Å². The molecular weight excluding hydrogens is 430 g/mol. The van der Waals surface area contributed by atoms with Gasteiger partial charge in [0.05, 0.1) is 26.3 Å². The van der Waals surface area contributed by atoms with E-state index in [2.05, 4.69) is 34.6 Å². The highest BCUT2D eigenvalue weighted by molar-refractivity contribution is 6.07. The molecule has 2 N–H and O–H groups in total. The van der Waals surface area contributed by atoms with Crippen molar-refractivity contribution in [1.82, 2.24) is 9.97 Å². The predicted octanol–water partition coefficient (Wildman–Crippen LogP) is 4.28. The van der Waals surface area contributed by atoms with Crippen molar-refractivity contribution in [1.29, 1.82) is 0 Å². The number of anilines is 1. The third-order valence-electron chi connectivity index (χ3n) is 5.66. The molecule has 0 radical (unpaired) electrons. The standard InChI is InChI=1S/C27H27N3O4/c1-33-26-24(27(32)34-2)22-17-28-14-13-23(22)30-25(26)20-9-5-18(6-10-20)3-4-19-7-11-21(12-8-19)29-15-16-31/h5-14,17,29,31H,3-4,15-16H2,1-2H3. The normalized spacial score (nSPS) is 10.8. The van der Waals surface area contributed by atoms with Crippen LogP contribution in [-0.4, -0.2) is 48.4 Å². The number of aromatic nitrogens is 2. The van der Waals surface area contributed by atoms with Gasteiger partial charge in [-0.1, -0.05) is 36.4 Å². The number of methoxy groups -OCH3 is 2. The molecule has 0 atom stereocenters. The minimum atomic E-state index is -0.493. The summed E-state index contributed by atoms with van der Waals surface area (Å²) in [7, 11) is 2.87. The highest BCUT2D eigenvalue weighted by atomic mass is 16.5. The summed E-state index contributed by atoms with van der Waals surface area (Å²) in [5.74, 6) is -0.123. The number of aliphatic hydroxyl groups excluding tert-OH is 1. The molecule has 7 nitrogen and oxygen atoms in total. The third-order valence-corrected chi connectivity index (χ3v) is 5.66. The Kier molecular flexibility index (Phi) is 7.34. The molecule has 0 unspecified atom stereocenters. The molecular formula is C27H27N3O4. The van der Waals surface area contributed by atoms with Gasteiger partial charge in [0, 0.05) is 35.6 Å². The highest BCUT2D eigenvalue weighted by Crippen LogP contribution is 2.36. The predicted molar refractivity (Wildman–Crippen MR) is 132 cm³/mol. The van der Waals surface area contributed by atoms with E-state index in [4.69, 9.17) is 19.6 Å². The van der Waals surface area contributed by atoms with Crippen molar-refractivity contribution in [2.75, 3.05) is 32.7 Å². The van der Waals surface area contributed by atoms with E-state index in [0.29, 0.717) is 34.5 Å². The average molecular weight is 458 g/mol. The number of esters is 1. The van der Waals surface area contributed by atoms with Gasteiger partial charge in [0.1, 0.15) is 11.3 Å². The number of ether oxygens (including phenoxy) is 2. The van der Waals surface area contributed by atoms with E-state index in [1.165, 1.54) is 25.3 Å². The summed E-state index contributed by atoms with van der Waals surface area (Å²) in [6, 6.07) is 18.2. The zero-order chi connectivity index (χ0) is 23.9. The Morgan fingerprint density at radius 3 is 2.26 bits per heavy atom. The molecule has 174 valence electrons. The molecule has 0 saturated heterocycles. The summed E-state index contributed by atoms with van der Waals surface area (Å²) in [4.78, 5) is 21.4. The van der Waals surface area contributed by atoms with Crippen LogP contribution in [0.15, 0.2) is 67.0 Å². The number of nitrogens with one attached hydrogen (secondary N) is 1. The van der Waals surface area contributed by atoms with Gasteiger partial charge in [-0.15, -0.1) is 0 Å². The Hall–Kier alpha value is -3.97. The SMILES string of the molecule is COC(=O)c1c(OC)c(-c2ccc(CCc3ccc(NCCO)cc3)cc2)nc2ccncc12. The molecule has 0 bridgehead atoms. The maximum absolute atomic E-state index is 12.6. The number of pyridine rings is 2. The first kappa shape index (κ1) is 23.2. The largest absolute Gasteiger partial charge is 0.494 e. The molecule has 0 aliphatic rings. The lowest BCUT2D eigenvalue weighted by Crippen LogP contribution is -2.08. The van der Waals surface area contributed by atoms with E-state index in [9.17, 15) is 4.79 Å². The van der Waals surface area contributed by atoms with Crippen molar-refractivity contribution in [3.05, 3.63) is 83.7 Å². The fourth-order valence-electron chi connectivity index (χ4n) is 3.90. The number of hydrogen-bond donors (Lipinski definition) is 2. The highest BCUT2D eigenvalue weighted by Gasteiger charge is 2.23. The average Bonchev–Trinajstić information content (AvgIpc) is 2.90. The summed E-state index contributed by atoms with van der Waals surface area (Å²) in [5, 5.41) is 12.7. The van der Waals surface area contributed by atoms with E-state index in [0.717, 1.165) is 24.1 Å². The van der Waals surface area contributed by atoms with Crippen LogP contribution in [0.3, 0.4) is 0 Å². The Morgan fingerprint density at radius 1 is 0.971 bits per heavy atom. The number of carbonyl (C=O) groups is 1. The number of aliphatic hydroxyl groups is 1. The molecule has 34 heavy (non-hydrogen) atoms. The molecule has 0 aliphatic heterocycles. The van der Waals surface area contributed by atoms with Crippen LogP contribution in [0.2, 0.25) is 0 Å². The summed E-state index contributed by atoms with van der Waals surface area (Å²) >= 11 is 0.